The largest absolute Gasteiger partial charge is 0.462 e. The zero-order valence-corrected chi connectivity index (χ0v) is 25.9. The van der Waals surface area contributed by atoms with Gasteiger partial charge in [-0.3, -0.25) is 9.80 Å². The van der Waals surface area contributed by atoms with Gasteiger partial charge in [0.05, 0.1) is 44.2 Å². The lowest BCUT2D eigenvalue weighted by molar-refractivity contribution is -0.148. The lowest BCUT2D eigenvalue weighted by Gasteiger charge is -2.35. The fourth-order valence-corrected chi connectivity index (χ4v) is 6.55. The zero-order valence-electron chi connectivity index (χ0n) is 24.3. The molecule has 3 aliphatic heterocycles. The summed E-state index contributed by atoms with van der Waals surface area (Å²) in [4.78, 5) is 32.5. The van der Waals surface area contributed by atoms with Gasteiger partial charge in [-0.1, -0.05) is 24.6 Å². The molecule has 3 heterocycles. The van der Waals surface area contributed by atoms with Crippen molar-refractivity contribution in [3.63, 3.8) is 0 Å². The molecule has 2 fully saturated rings. The number of dihydropyridines is 1. The average Bonchev–Trinajstić information content (AvgIpc) is 2.93. The Labute approximate surface area is 252 Å². The van der Waals surface area contributed by atoms with Gasteiger partial charge in [-0.05, 0) is 38.5 Å². The number of nitrogens with one attached hydrogen (secondary N) is 1. The molecular formula is C30H42ClN3O6S. The predicted octanol–water partition coefficient (Wildman–Crippen LogP) is 3.73. The Morgan fingerprint density at radius 2 is 1.59 bits per heavy atom. The Balaban J connectivity index is 1.34. The van der Waals surface area contributed by atoms with E-state index < -0.39 is 17.9 Å². The van der Waals surface area contributed by atoms with Crippen LogP contribution in [0.5, 0.6) is 0 Å². The molecule has 1 N–H and O–H groups in total. The molecule has 0 aliphatic carbocycles. The fraction of sp³-hybridized carbons (Fsp3) is 0.600. The number of benzene rings is 1. The van der Waals surface area contributed by atoms with Gasteiger partial charge in [0.2, 0.25) is 0 Å². The van der Waals surface area contributed by atoms with Crippen LogP contribution in [0.15, 0.2) is 51.7 Å². The topological polar surface area (TPSA) is 89.6 Å². The minimum absolute atomic E-state index is 0.291. The first-order chi connectivity index (χ1) is 19.8. The quantitative estimate of drug-likeness (QED) is 0.215. The molecule has 0 amide bonds. The summed E-state index contributed by atoms with van der Waals surface area (Å²) in [5, 5.41) is 3.93. The van der Waals surface area contributed by atoms with Gasteiger partial charge >= 0.3 is 11.9 Å². The molecule has 2 saturated heterocycles. The molecule has 0 aromatic heterocycles. The molecule has 1 atom stereocenters. The van der Waals surface area contributed by atoms with Gasteiger partial charge in [0.25, 0.3) is 0 Å². The van der Waals surface area contributed by atoms with E-state index in [0.29, 0.717) is 80.1 Å². The van der Waals surface area contributed by atoms with E-state index in [0.717, 1.165) is 36.8 Å². The van der Waals surface area contributed by atoms with Crippen molar-refractivity contribution in [2.75, 3.05) is 78.1 Å². The zero-order chi connectivity index (χ0) is 29.2. The van der Waals surface area contributed by atoms with Crippen LogP contribution in [0.4, 0.5) is 0 Å². The van der Waals surface area contributed by atoms with Gasteiger partial charge in [-0.2, -0.15) is 0 Å². The van der Waals surface area contributed by atoms with Crippen molar-refractivity contribution < 1.29 is 28.5 Å². The number of rotatable bonds is 12. The van der Waals surface area contributed by atoms with Gasteiger partial charge < -0.3 is 24.3 Å². The summed E-state index contributed by atoms with van der Waals surface area (Å²) < 4.78 is 22.8. The second kappa shape index (κ2) is 16.0. The molecule has 9 nitrogen and oxygen atoms in total. The second-order valence-corrected chi connectivity index (χ2v) is 12.2. The van der Waals surface area contributed by atoms with Crippen molar-refractivity contribution in [2.24, 2.45) is 5.92 Å². The minimum atomic E-state index is -0.454. The molecule has 1 unspecified atom stereocenters. The van der Waals surface area contributed by atoms with Crippen molar-refractivity contribution >= 4 is 35.3 Å². The highest BCUT2D eigenvalue weighted by atomic mass is 35.5. The highest BCUT2D eigenvalue weighted by Gasteiger charge is 2.35. The minimum Gasteiger partial charge on any atom is -0.462 e. The van der Waals surface area contributed by atoms with Crippen molar-refractivity contribution in [1.82, 2.24) is 15.1 Å². The van der Waals surface area contributed by atoms with Crippen LogP contribution in [-0.4, -0.2) is 106 Å². The predicted molar refractivity (Wildman–Crippen MR) is 160 cm³/mol. The number of morpholine rings is 2. The molecule has 0 spiro atoms. The molecule has 0 bridgehead atoms. The summed E-state index contributed by atoms with van der Waals surface area (Å²) >= 11 is 7.72. The first-order valence-electron chi connectivity index (χ1n) is 14.4. The van der Waals surface area contributed by atoms with E-state index in [9.17, 15) is 9.59 Å². The molecule has 226 valence electrons. The second-order valence-electron chi connectivity index (χ2n) is 10.6. The van der Waals surface area contributed by atoms with Gasteiger partial charge in [0.15, 0.2) is 0 Å². The maximum Gasteiger partial charge on any atom is 0.336 e. The highest BCUT2D eigenvalue weighted by molar-refractivity contribution is 7.99. The van der Waals surface area contributed by atoms with Crippen LogP contribution in [-0.2, 0) is 28.5 Å². The van der Waals surface area contributed by atoms with Crippen LogP contribution in [0.2, 0.25) is 5.02 Å². The first-order valence-corrected chi connectivity index (χ1v) is 15.7. The van der Waals surface area contributed by atoms with E-state index >= 15 is 0 Å². The Morgan fingerprint density at radius 3 is 2.17 bits per heavy atom. The number of halogens is 1. The number of hydrogen-bond donors (Lipinski definition) is 1. The van der Waals surface area contributed by atoms with E-state index in [1.807, 2.05) is 45.0 Å². The number of carbonyl (C=O) groups excluding carboxylic acids is 2. The number of esters is 2. The lowest BCUT2D eigenvalue weighted by atomic mass is 9.87. The first kappa shape index (κ1) is 31.8. The van der Waals surface area contributed by atoms with Crippen molar-refractivity contribution in [2.45, 2.75) is 38.2 Å². The number of ether oxygens (including phenoxy) is 4. The maximum atomic E-state index is 13.7. The third kappa shape index (κ3) is 9.46. The van der Waals surface area contributed by atoms with Gasteiger partial charge in [-0.15, -0.1) is 11.8 Å². The van der Waals surface area contributed by atoms with Crippen molar-refractivity contribution in [1.29, 1.82) is 0 Å². The van der Waals surface area contributed by atoms with Gasteiger partial charge in [-0.25, -0.2) is 9.59 Å². The number of nitrogens with zero attached hydrogens (tertiary/aromatic N) is 2. The number of allylic oxidation sites excluding steroid dienone is 2. The summed E-state index contributed by atoms with van der Waals surface area (Å²) in [5.74, 6) is -0.468. The third-order valence-corrected chi connectivity index (χ3v) is 8.80. The van der Waals surface area contributed by atoms with Crippen molar-refractivity contribution in [3.05, 3.63) is 51.8 Å². The average molecular weight is 608 g/mol. The van der Waals surface area contributed by atoms with Crippen LogP contribution >= 0.6 is 23.4 Å². The number of hydrogen-bond acceptors (Lipinski definition) is 10. The van der Waals surface area contributed by atoms with Crippen LogP contribution in [0, 0.1) is 5.92 Å². The number of thioether (sulfide) groups is 1. The Bertz CT molecular complexity index is 1100. The van der Waals surface area contributed by atoms with Gasteiger partial charge in [0, 0.05) is 72.3 Å². The molecule has 11 heteroatoms. The standard InChI is InChI=1S/C30H42ClN3O6S/c1-21-27(29(35)39-12-5-17-41-26-7-4-6-24(31)18-26)22(2)32-23(3)28(21)30(36)40-25(19-33-8-13-37-14-9-33)20-34-10-15-38-16-11-34/h4,6-7,18,21,25,32H,5,8-17,19-20H2,1-3H3. The van der Waals surface area contributed by atoms with Crippen LogP contribution < -0.4 is 5.32 Å². The van der Waals surface area contributed by atoms with E-state index in [4.69, 9.17) is 30.5 Å². The molecule has 0 radical (unpaired) electrons. The monoisotopic (exact) mass is 607 g/mol. The van der Waals surface area contributed by atoms with E-state index in [1.54, 1.807) is 11.8 Å². The molecule has 1 aromatic carbocycles. The Kier molecular flexibility index (Phi) is 12.4. The normalized spacial score (nSPS) is 20.8. The van der Waals surface area contributed by atoms with E-state index in [-0.39, 0.29) is 6.10 Å². The SMILES string of the molecule is CC1=C(C(=O)OCCCSc2cccc(Cl)c2)C(C)C(C(=O)OC(CN2CCOCC2)CN2CCOCC2)=C(C)N1. The molecular weight excluding hydrogens is 566 g/mol. The summed E-state index contributed by atoms with van der Waals surface area (Å²) in [6, 6.07) is 7.69. The molecule has 0 saturated carbocycles. The van der Waals surface area contributed by atoms with Gasteiger partial charge in [0.1, 0.15) is 6.10 Å². The van der Waals surface area contributed by atoms with Crippen LogP contribution in [0.1, 0.15) is 27.2 Å². The maximum absolute atomic E-state index is 13.7. The highest BCUT2D eigenvalue weighted by Crippen LogP contribution is 2.31. The molecule has 1 aromatic rings. The summed E-state index contributed by atoms with van der Waals surface area (Å²) in [7, 11) is 0. The van der Waals surface area contributed by atoms with Crippen molar-refractivity contribution in [3.8, 4) is 0 Å². The summed E-state index contributed by atoms with van der Waals surface area (Å²) in [6.07, 6.45) is 0.386. The summed E-state index contributed by atoms with van der Waals surface area (Å²) in [5.41, 5.74) is 2.32. The Morgan fingerprint density at radius 1 is 1.00 bits per heavy atom. The van der Waals surface area contributed by atoms with E-state index in [2.05, 4.69) is 15.1 Å². The van der Waals surface area contributed by atoms with Crippen LogP contribution in [0.3, 0.4) is 0 Å². The molecule has 3 aliphatic rings. The molecule has 41 heavy (non-hydrogen) atoms. The number of carbonyl (C=O) groups is 2. The third-order valence-electron chi connectivity index (χ3n) is 7.48. The Hall–Kier alpha value is -2.08. The molecule has 4 rings (SSSR count). The summed E-state index contributed by atoms with van der Waals surface area (Å²) in [6.45, 7) is 13.1. The smallest absolute Gasteiger partial charge is 0.336 e. The van der Waals surface area contributed by atoms with E-state index in [1.165, 1.54) is 0 Å². The fourth-order valence-electron chi connectivity index (χ4n) is 5.41. The van der Waals surface area contributed by atoms with Crippen LogP contribution in [0.25, 0.3) is 0 Å². The lowest BCUT2D eigenvalue weighted by Crippen LogP contribution is -2.48.